The fourth-order valence-electron chi connectivity index (χ4n) is 1.30. The lowest BCUT2D eigenvalue weighted by Gasteiger charge is -2.22. The van der Waals surface area contributed by atoms with Crippen LogP contribution in [0.25, 0.3) is 0 Å². The molecule has 5 heteroatoms. The zero-order valence-corrected chi connectivity index (χ0v) is 10.9. The van der Waals surface area contributed by atoms with E-state index in [2.05, 4.69) is 10.4 Å². The van der Waals surface area contributed by atoms with E-state index in [9.17, 15) is 4.79 Å². The molecule has 0 amide bonds. The van der Waals surface area contributed by atoms with E-state index < -0.39 is 5.60 Å². The molecule has 0 aliphatic rings. The molecule has 17 heavy (non-hydrogen) atoms. The Kier molecular flexibility index (Phi) is 4.69. The molecule has 0 spiro atoms. The Hall–Kier alpha value is -1.36. The van der Waals surface area contributed by atoms with Crippen molar-refractivity contribution in [2.75, 3.05) is 6.54 Å². The van der Waals surface area contributed by atoms with Gasteiger partial charge in [-0.3, -0.25) is 9.48 Å². The van der Waals surface area contributed by atoms with Gasteiger partial charge in [-0.1, -0.05) is 0 Å². The molecule has 0 bridgehead atoms. The summed E-state index contributed by atoms with van der Waals surface area (Å²) in [6, 6.07) is 1.57. The first-order chi connectivity index (χ1) is 7.88. The number of nitrogens with zero attached hydrogens (tertiary/aromatic N) is 2. The Morgan fingerprint density at radius 3 is 2.76 bits per heavy atom. The van der Waals surface area contributed by atoms with Crippen molar-refractivity contribution >= 4 is 5.97 Å². The lowest BCUT2D eigenvalue weighted by molar-refractivity contribution is -0.156. The van der Waals surface area contributed by atoms with Gasteiger partial charge >= 0.3 is 5.97 Å². The third kappa shape index (κ3) is 5.49. The third-order valence-corrected chi connectivity index (χ3v) is 2.11. The maximum absolute atomic E-state index is 11.6. The molecule has 0 saturated carbocycles. The van der Waals surface area contributed by atoms with Crippen LogP contribution in [0.1, 0.15) is 27.7 Å². The second kappa shape index (κ2) is 5.82. The number of ether oxygens (including phenoxy) is 1. The van der Waals surface area contributed by atoms with Crippen LogP contribution in [0, 0.1) is 0 Å². The molecule has 1 aromatic rings. The van der Waals surface area contributed by atoms with Gasteiger partial charge in [0, 0.05) is 18.9 Å². The Morgan fingerprint density at radius 1 is 1.53 bits per heavy atom. The van der Waals surface area contributed by atoms with Crippen LogP contribution in [0.3, 0.4) is 0 Å². The number of rotatable bonds is 5. The van der Waals surface area contributed by atoms with Gasteiger partial charge in [-0.2, -0.15) is 5.10 Å². The summed E-state index contributed by atoms with van der Waals surface area (Å²) in [4.78, 5) is 11.6. The Bertz CT molecular complexity index is 341. The Morgan fingerprint density at radius 2 is 2.24 bits per heavy atom. The van der Waals surface area contributed by atoms with E-state index in [1.165, 1.54) is 0 Å². The van der Waals surface area contributed by atoms with E-state index in [1.54, 1.807) is 13.1 Å². The van der Waals surface area contributed by atoms with Gasteiger partial charge in [0.25, 0.3) is 0 Å². The van der Waals surface area contributed by atoms with Gasteiger partial charge in [-0.25, -0.2) is 0 Å². The third-order valence-electron chi connectivity index (χ3n) is 2.11. The number of aromatic nitrogens is 2. The van der Waals surface area contributed by atoms with Gasteiger partial charge < -0.3 is 10.1 Å². The summed E-state index contributed by atoms with van der Waals surface area (Å²) in [5.41, 5.74) is -0.436. The monoisotopic (exact) mass is 239 g/mol. The van der Waals surface area contributed by atoms with Crippen molar-refractivity contribution in [3.63, 3.8) is 0 Å². The molecule has 1 unspecified atom stereocenters. The number of nitrogens with one attached hydrogen (secondary N) is 1. The molecular weight excluding hydrogens is 218 g/mol. The average molecular weight is 239 g/mol. The van der Waals surface area contributed by atoms with Crippen LogP contribution in [0.5, 0.6) is 0 Å². The van der Waals surface area contributed by atoms with E-state index in [0.717, 1.165) is 6.54 Å². The van der Waals surface area contributed by atoms with Crippen molar-refractivity contribution in [2.24, 2.45) is 0 Å². The summed E-state index contributed by atoms with van der Waals surface area (Å²) in [5.74, 6) is -0.224. The van der Waals surface area contributed by atoms with E-state index in [1.807, 2.05) is 37.7 Å². The molecule has 0 radical (unpaired) electrons. The number of carbonyl (C=O) groups excluding carboxylic acids is 1. The highest BCUT2D eigenvalue weighted by Crippen LogP contribution is 2.08. The first-order valence-corrected chi connectivity index (χ1v) is 5.82. The zero-order valence-electron chi connectivity index (χ0n) is 10.9. The van der Waals surface area contributed by atoms with E-state index in [-0.39, 0.29) is 12.0 Å². The largest absolute Gasteiger partial charge is 0.459 e. The highest BCUT2D eigenvalue weighted by atomic mass is 16.6. The molecule has 1 aromatic heterocycles. The topological polar surface area (TPSA) is 56.2 Å². The van der Waals surface area contributed by atoms with E-state index in [4.69, 9.17) is 4.74 Å². The van der Waals surface area contributed by atoms with Crippen LogP contribution in [0.4, 0.5) is 0 Å². The molecule has 0 aliphatic carbocycles. The molecule has 1 atom stereocenters. The highest BCUT2D eigenvalue weighted by molar-refractivity contribution is 5.75. The van der Waals surface area contributed by atoms with Crippen molar-refractivity contribution in [1.29, 1.82) is 0 Å². The molecule has 5 nitrogen and oxygen atoms in total. The maximum Gasteiger partial charge on any atom is 0.323 e. The van der Waals surface area contributed by atoms with Crippen LogP contribution in [0.2, 0.25) is 0 Å². The fourth-order valence-corrected chi connectivity index (χ4v) is 1.30. The van der Waals surface area contributed by atoms with Gasteiger partial charge in [0.2, 0.25) is 0 Å². The second-order valence-corrected chi connectivity index (χ2v) is 4.98. The van der Waals surface area contributed by atoms with Crippen molar-refractivity contribution in [3.8, 4) is 0 Å². The van der Waals surface area contributed by atoms with E-state index >= 15 is 0 Å². The van der Waals surface area contributed by atoms with Crippen molar-refractivity contribution in [1.82, 2.24) is 15.1 Å². The SMILES string of the molecule is CC(NCCn1cccn1)C(=O)OC(C)(C)C. The minimum Gasteiger partial charge on any atom is -0.459 e. The van der Waals surface area contributed by atoms with Crippen molar-refractivity contribution in [2.45, 2.75) is 45.9 Å². The van der Waals surface area contributed by atoms with Crippen LogP contribution in [-0.4, -0.2) is 33.9 Å². The zero-order chi connectivity index (χ0) is 12.9. The molecule has 1 heterocycles. The predicted octanol–water partition coefficient (Wildman–Crippen LogP) is 1.20. The summed E-state index contributed by atoms with van der Waals surface area (Å²) >= 11 is 0. The number of hydrogen-bond acceptors (Lipinski definition) is 4. The van der Waals surface area contributed by atoms with Gasteiger partial charge in [0.1, 0.15) is 11.6 Å². The van der Waals surface area contributed by atoms with Gasteiger partial charge in [-0.15, -0.1) is 0 Å². The average Bonchev–Trinajstić information content (AvgIpc) is 2.67. The Labute approximate surface area is 102 Å². The lowest BCUT2D eigenvalue weighted by atomic mass is 10.2. The molecular formula is C12H21N3O2. The number of hydrogen-bond donors (Lipinski definition) is 1. The lowest BCUT2D eigenvalue weighted by Crippen LogP contribution is -2.40. The van der Waals surface area contributed by atoms with Crippen LogP contribution < -0.4 is 5.32 Å². The van der Waals surface area contributed by atoms with Crippen molar-refractivity contribution in [3.05, 3.63) is 18.5 Å². The smallest absolute Gasteiger partial charge is 0.323 e. The molecule has 0 fully saturated rings. The standard InChI is InChI=1S/C12H21N3O2/c1-10(11(16)17-12(2,3)4)13-7-9-15-8-5-6-14-15/h5-6,8,10,13H,7,9H2,1-4H3. The number of esters is 1. The normalized spacial score (nSPS) is 13.4. The number of carbonyl (C=O) groups is 1. The predicted molar refractivity (Wildman–Crippen MR) is 65.5 cm³/mol. The molecule has 0 aliphatic heterocycles. The van der Waals surface area contributed by atoms with Gasteiger partial charge in [-0.05, 0) is 33.8 Å². The summed E-state index contributed by atoms with van der Waals surface area (Å²) in [6.07, 6.45) is 3.62. The van der Waals surface area contributed by atoms with Crippen molar-refractivity contribution < 1.29 is 9.53 Å². The fraction of sp³-hybridized carbons (Fsp3) is 0.667. The highest BCUT2D eigenvalue weighted by Gasteiger charge is 2.20. The molecule has 0 saturated heterocycles. The van der Waals surface area contributed by atoms with Gasteiger partial charge in [0.15, 0.2) is 0 Å². The van der Waals surface area contributed by atoms with Crippen LogP contribution in [0.15, 0.2) is 18.5 Å². The molecule has 1 rings (SSSR count). The molecule has 96 valence electrons. The minimum atomic E-state index is -0.436. The summed E-state index contributed by atoms with van der Waals surface area (Å²) in [5, 5.41) is 7.19. The first kappa shape index (κ1) is 13.7. The maximum atomic E-state index is 11.6. The molecule has 0 aromatic carbocycles. The van der Waals surface area contributed by atoms with Crippen LogP contribution >= 0.6 is 0 Å². The first-order valence-electron chi connectivity index (χ1n) is 5.82. The molecule has 1 N–H and O–H groups in total. The second-order valence-electron chi connectivity index (χ2n) is 4.98. The summed E-state index contributed by atoms with van der Waals surface area (Å²) in [6.45, 7) is 8.81. The summed E-state index contributed by atoms with van der Waals surface area (Å²) < 4.78 is 7.08. The van der Waals surface area contributed by atoms with Crippen LogP contribution in [-0.2, 0) is 16.1 Å². The quantitative estimate of drug-likeness (QED) is 0.785. The Balaban J connectivity index is 2.25. The van der Waals surface area contributed by atoms with Gasteiger partial charge in [0.05, 0.1) is 6.54 Å². The summed E-state index contributed by atoms with van der Waals surface area (Å²) in [7, 11) is 0. The minimum absolute atomic E-state index is 0.224. The van der Waals surface area contributed by atoms with E-state index in [0.29, 0.717) is 6.54 Å².